The fourth-order valence-corrected chi connectivity index (χ4v) is 5.59. The quantitative estimate of drug-likeness (QED) is 0.757. The van der Waals surface area contributed by atoms with Gasteiger partial charge in [0.15, 0.2) is 9.84 Å². The highest BCUT2D eigenvalue weighted by Gasteiger charge is 2.48. The lowest BCUT2D eigenvalue weighted by atomic mass is 10.1. The summed E-state index contributed by atoms with van der Waals surface area (Å²) in [5, 5.41) is 11.8. The van der Waals surface area contributed by atoms with Gasteiger partial charge in [-0.25, -0.2) is 13.2 Å². The van der Waals surface area contributed by atoms with Gasteiger partial charge < -0.3 is 20.1 Å². The number of nitrogens with one attached hydrogen (secondary N) is 1. The average molecular weight is 383 g/mol. The van der Waals surface area contributed by atoms with E-state index in [2.05, 4.69) is 5.32 Å². The highest BCUT2D eigenvalue weighted by atomic mass is 32.2. The van der Waals surface area contributed by atoms with Crippen LogP contribution in [0.25, 0.3) is 0 Å². The molecular weight excluding hydrogens is 362 g/mol. The number of sulfone groups is 1. The molecule has 2 aliphatic heterocycles. The van der Waals surface area contributed by atoms with Crippen molar-refractivity contribution in [2.24, 2.45) is 0 Å². The van der Waals surface area contributed by atoms with Crippen LogP contribution >= 0.6 is 0 Å². The number of carbonyl (C=O) groups is 2. The molecule has 9 nitrogen and oxygen atoms in total. The Morgan fingerprint density at radius 3 is 2.62 bits per heavy atom. The van der Waals surface area contributed by atoms with Gasteiger partial charge in [0.2, 0.25) is 0 Å². The number of anilines is 1. The number of fused-ring (bicyclic) bond motifs is 1. The van der Waals surface area contributed by atoms with Crippen LogP contribution < -0.4 is 10.1 Å². The molecule has 2 atom stereocenters. The maximum absolute atomic E-state index is 12.7. The molecule has 0 radical (unpaired) electrons. The first-order valence-corrected chi connectivity index (χ1v) is 10.00. The zero-order valence-electron chi connectivity index (χ0n) is 14.3. The third-order valence-electron chi connectivity index (χ3n) is 4.74. The van der Waals surface area contributed by atoms with Crippen LogP contribution in [0, 0.1) is 0 Å². The second-order valence-electron chi connectivity index (χ2n) is 6.40. The molecule has 2 N–H and O–H groups in total. The molecule has 2 heterocycles. The van der Waals surface area contributed by atoms with Gasteiger partial charge in [0.05, 0.1) is 36.9 Å². The second-order valence-corrected chi connectivity index (χ2v) is 8.55. The zero-order valence-corrected chi connectivity index (χ0v) is 15.1. The van der Waals surface area contributed by atoms with E-state index in [-0.39, 0.29) is 24.6 Å². The number of piperazine rings is 1. The van der Waals surface area contributed by atoms with Crippen molar-refractivity contribution in [3.8, 4) is 5.75 Å². The van der Waals surface area contributed by atoms with Crippen LogP contribution in [-0.2, 0) is 14.6 Å². The summed E-state index contributed by atoms with van der Waals surface area (Å²) in [5.41, 5.74) is 0.491. The van der Waals surface area contributed by atoms with Gasteiger partial charge in [-0.15, -0.1) is 0 Å². The van der Waals surface area contributed by atoms with E-state index < -0.39 is 33.9 Å². The maximum Gasteiger partial charge on any atom is 0.322 e. The zero-order chi connectivity index (χ0) is 18.9. The molecule has 0 unspecified atom stereocenters. The van der Waals surface area contributed by atoms with Gasteiger partial charge in [-0.3, -0.25) is 9.69 Å². The first kappa shape index (κ1) is 18.5. The van der Waals surface area contributed by atoms with Gasteiger partial charge >= 0.3 is 12.0 Å². The SMILES string of the molecule is COc1ccccc1NC(=O)N1CCN(CC(=O)O)[C@@H]2CS(=O)(=O)C[C@@H]21. The molecule has 0 bridgehead atoms. The predicted octanol–water partition coefficient (Wildman–Crippen LogP) is 0.0949. The van der Waals surface area contributed by atoms with E-state index in [0.717, 1.165) is 0 Å². The Balaban J connectivity index is 1.80. The molecular formula is C16H21N3O6S. The number of methoxy groups -OCH3 is 1. The van der Waals surface area contributed by atoms with Crippen LogP contribution in [0.1, 0.15) is 0 Å². The van der Waals surface area contributed by atoms with Crippen molar-refractivity contribution >= 4 is 27.5 Å². The molecule has 2 fully saturated rings. The monoisotopic (exact) mass is 383 g/mol. The van der Waals surface area contributed by atoms with Gasteiger partial charge in [0.1, 0.15) is 5.75 Å². The number of carboxylic acid groups (broad SMARTS) is 1. The fraction of sp³-hybridized carbons (Fsp3) is 0.500. The van der Waals surface area contributed by atoms with Crippen molar-refractivity contribution in [3.05, 3.63) is 24.3 Å². The molecule has 2 aliphatic rings. The molecule has 1 aromatic rings. The van der Waals surface area contributed by atoms with Gasteiger partial charge in [0, 0.05) is 19.1 Å². The number of hydrogen-bond acceptors (Lipinski definition) is 6. The summed E-state index contributed by atoms with van der Waals surface area (Å²) in [6.07, 6.45) is 0. The minimum absolute atomic E-state index is 0.136. The standard InChI is InChI=1S/C16H21N3O6S/c1-25-14-5-3-2-4-11(14)17-16(22)19-7-6-18(8-15(20)21)12-9-26(23,24)10-13(12)19/h2-5,12-13H,6-10H2,1H3,(H,17,22)(H,20,21)/t12-,13+/m1/s1. The highest BCUT2D eigenvalue weighted by Crippen LogP contribution is 2.29. The molecule has 0 spiro atoms. The molecule has 10 heteroatoms. The van der Waals surface area contributed by atoms with Crippen molar-refractivity contribution in [3.63, 3.8) is 0 Å². The number of rotatable bonds is 4. The van der Waals surface area contributed by atoms with E-state index in [4.69, 9.17) is 9.84 Å². The summed E-state index contributed by atoms with van der Waals surface area (Å²) in [7, 11) is -1.84. The van der Waals surface area contributed by atoms with Gasteiger partial charge in [-0.1, -0.05) is 12.1 Å². The molecule has 0 aromatic heterocycles. The summed E-state index contributed by atoms with van der Waals surface area (Å²) in [4.78, 5) is 26.9. The minimum Gasteiger partial charge on any atom is -0.495 e. The van der Waals surface area contributed by atoms with Crippen molar-refractivity contribution in [1.29, 1.82) is 0 Å². The lowest BCUT2D eigenvalue weighted by Crippen LogP contribution is -2.62. The van der Waals surface area contributed by atoms with Crippen LogP contribution in [0.3, 0.4) is 0 Å². The predicted molar refractivity (Wildman–Crippen MR) is 94.2 cm³/mol. The average Bonchev–Trinajstić information content (AvgIpc) is 2.90. The third-order valence-corrected chi connectivity index (χ3v) is 6.44. The minimum atomic E-state index is -3.33. The first-order chi connectivity index (χ1) is 12.3. The third kappa shape index (κ3) is 3.75. The molecule has 26 heavy (non-hydrogen) atoms. The summed E-state index contributed by atoms with van der Waals surface area (Å²) >= 11 is 0. The Morgan fingerprint density at radius 1 is 1.23 bits per heavy atom. The Morgan fingerprint density at radius 2 is 1.92 bits per heavy atom. The summed E-state index contributed by atoms with van der Waals surface area (Å²) in [6, 6.07) is 5.45. The van der Waals surface area contributed by atoms with Crippen LogP contribution in [0.4, 0.5) is 10.5 Å². The summed E-state index contributed by atoms with van der Waals surface area (Å²) in [6.45, 7) is 0.325. The van der Waals surface area contributed by atoms with Gasteiger partial charge in [-0.2, -0.15) is 0 Å². The van der Waals surface area contributed by atoms with Crippen LogP contribution in [0.15, 0.2) is 24.3 Å². The van der Waals surface area contributed by atoms with Crippen molar-refractivity contribution < 1.29 is 27.9 Å². The van der Waals surface area contributed by atoms with Crippen molar-refractivity contribution in [2.45, 2.75) is 12.1 Å². The number of benzene rings is 1. The van der Waals surface area contributed by atoms with Gasteiger partial charge in [-0.05, 0) is 12.1 Å². The van der Waals surface area contributed by atoms with Crippen LogP contribution in [0.5, 0.6) is 5.75 Å². The van der Waals surface area contributed by atoms with Crippen molar-refractivity contribution in [2.75, 3.05) is 43.6 Å². The largest absolute Gasteiger partial charge is 0.495 e. The first-order valence-electron chi connectivity index (χ1n) is 8.17. The normalized spacial score (nSPS) is 24.7. The number of hydrogen-bond donors (Lipinski definition) is 2. The fourth-order valence-electron chi connectivity index (χ4n) is 3.58. The van der Waals surface area contributed by atoms with E-state index in [0.29, 0.717) is 18.0 Å². The van der Waals surface area contributed by atoms with Gasteiger partial charge in [0.25, 0.3) is 0 Å². The lowest BCUT2D eigenvalue weighted by molar-refractivity contribution is -0.139. The topological polar surface area (TPSA) is 116 Å². The number of carboxylic acids is 1. The number of amides is 2. The number of carbonyl (C=O) groups excluding carboxylic acids is 1. The molecule has 0 saturated carbocycles. The van der Waals surface area contributed by atoms with E-state index in [1.165, 1.54) is 12.0 Å². The molecule has 0 aliphatic carbocycles. The highest BCUT2D eigenvalue weighted by molar-refractivity contribution is 7.91. The van der Waals surface area contributed by atoms with Crippen molar-refractivity contribution in [1.82, 2.24) is 9.80 Å². The summed E-state index contributed by atoms with van der Waals surface area (Å²) < 4.78 is 29.4. The second kappa shape index (κ2) is 7.12. The van der Waals surface area contributed by atoms with E-state index in [9.17, 15) is 18.0 Å². The molecule has 3 rings (SSSR count). The number of ether oxygens (including phenoxy) is 1. The van der Waals surface area contributed by atoms with Crippen LogP contribution in [-0.4, -0.2) is 85.7 Å². The molecule has 142 valence electrons. The number of aliphatic carboxylic acids is 1. The summed E-state index contributed by atoms with van der Waals surface area (Å²) in [5.74, 6) is -0.808. The van der Waals surface area contributed by atoms with E-state index in [1.54, 1.807) is 29.2 Å². The Kier molecular flexibility index (Phi) is 5.05. The Hall–Kier alpha value is -2.33. The lowest BCUT2D eigenvalue weighted by Gasteiger charge is -2.43. The van der Waals surface area contributed by atoms with Crippen LogP contribution in [0.2, 0.25) is 0 Å². The van der Waals surface area contributed by atoms with E-state index in [1.807, 2.05) is 0 Å². The number of para-hydroxylation sites is 2. The molecule has 2 amide bonds. The number of nitrogens with zero attached hydrogens (tertiary/aromatic N) is 2. The Bertz CT molecular complexity index is 812. The molecule has 2 saturated heterocycles. The molecule has 1 aromatic carbocycles. The maximum atomic E-state index is 12.7. The Labute approximate surface area is 151 Å². The smallest absolute Gasteiger partial charge is 0.322 e. The van der Waals surface area contributed by atoms with E-state index >= 15 is 0 Å². The number of urea groups is 1.